The summed E-state index contributed by atoms with van der Waals surface area (Å²) in [6.45, 7) is 3.69. The van der Waals surface area contributed by atoms with E-state index in [2.05, 4.69) is 27.9 Å². The lowest BCUT2D eigenvalue weighted by Gasteiger charge is -2.09. The Morgan fingerprint density at radius 3 is 2.53 bits per heavy atom. The van der Waals surface area contributed by atoms with Gasteiger partial charge in [0, 0.05) is 9.26 Å². The molecule has 0 spiro atoms. The molecule has 4 heteroatoms. The van der Waals surface area contributed by atoms with Crippen molar-refractivity contribution in [3.8, 4) is 0 Å². The Hall–Kier alpha value is -1.43. The third-order valence-corrected chi connectivity index (χ3v) is 3.48. The highest BCUT2D eigenvalue weighted by Gasteiger charge is 2.12. The summed E-state index contributed by atoms with van der Waals surface area (Å²) in [5.74, 6) is -0.928. The number of benzene rings is 2. The van der Waals surface area contributed by atoms with E-state index in [9.17, 15) is 9.18 Å². The SMILES string of the molecule is Cc1ccc(C(=O)Nc2ccc(I)cc2C)c(F)c1. The van der Waals surface area contributed by atoms with E-state index in [0.29, 0.717) is 5.69 Å². The lowest BCUT2D eigenvalue weighted by Crippen LogP contribution is -2.14. The summed E-state index contributed by atoms with van der Waals surface area (Å²) in [7, 11) is 0. The topological polar surface area (TPSA) is 29.1 Å². The predicted molar refractivity (Wildman–Crippen MR) is 83.0 cm³/mol. The van der Waals surface area contributed by atoms with Crippen LogP contribution in [0, 0.1) is 23.2 Å². The number of carbonyl (C=O) groups is 1. The minimum atomic E-state index is -0.499. The molecule has 0 fully saturated rings. The van der Waals surface area contributed by atoms with Crippen LogP contribution >= 0.6 is 22.6 Å². The van der Waals surface area contributed by atoms with E-state index in [-0.39, 0.29) is 5.56 Å². The van der Waals surface area contributed by atoms with Crippen LogP contribution in [0.4, 0.5) is 10.1 Å². The van der Waals surface area contributed by atoms with E-state index >= 15 is 0 Å². The average molecular weight is 369 g/mol. The molecule has 1 amide bonds. The molecule has 0 atom stereocenters. The second-order valence-corrected chi connectivity index (χ2v) is 5.64. The van der Waals surface area contributed by atoms with Gasteiger partial charge in [-0.25, -0.2) is 4.39 Å². The first-order valence-corrected chi connectivity index (χ1v) is 6.89. The van der Waals surface area contributed by atoms with E-state index < -0.39 is 11.7 Å². The average Bonchev–Trinajstić information content (AvgIpc) is 2.32. The van der Waals surface area contributed by atoms with Crippen LogP contribution in [0.3, 0.4) is 0 Å². The molecule has 2 rings (SSSR count). The third kappa shape index (κ3) is 3.32. The number of anilines is 1. The molecule has 0 saturated heterocycles. The van der Waals surface area contributed by atoms with Crippen molar-refractivity contribution < 1.29 is 9.18 Å². The van der Waals surface area contributed by atoms with Gasteiger partial charge in [0.25, 0.3) is 5.91 Å². The molecular weight excluding hydrogens is 356 g/mol. The summed E-state index contributed by atoms with van der Waals surface area (Å²) < 4.78 is 14.8. The molecule has 0 aliphatic rings. The second kappa shape index (κ2) is 5.69. The number of hydrogen-bond acceptors (Lipinski definition) is 1. The van der Waals surface area contributed by atoms with Crippen LogP contribution in [-0.4, -0.2) is 5.91 Å². The largest absolute Gasteiger partial charge is 0.322 e. The minimum absolute atomic E-state index is 0.0588. The maximum Gasteiger partial charge on any atom is 0.258 e. The number of hydrogen-bond donors (Lipinski definition) is 1. The predicted octanol–water partition coefficient (Wildman–Crippen LogP) is 4.30. The molecule has 2 aromatic rings. The highest BCUT2D eigenvalue weighted by atomic mass is 127. The highest BCUT2D eigenvalue weighted by molar-refractivity contribution is 14.1. The molecular formula is C15H13FINO. The first-order chi connectivity index (χ1) is 8.97. The minimum Gasteiger partial charge on any atom is -0.322 e. The number of nitrogens with one attached hydrogen (secondary N) is 1. The Morgan fingerprint density at radius 2 is 1.89 bits per heavy atom. The van der Waals surface area contributed by atoms with Crippen LogP contribution in [0.15, 0.2) is 36.4 Å². The highest BCUT2D eigenvalue weighted by Crippen LogP contribution is 2.19. The van der Waals surface area contributed by atoms with Gasteiger partial charge < -0.3 is 5.32 Å². The first-order valence-electron chi connectivity index (χ1n) is 5.81. The fraction of sp³-hybridized carbons (Fsp3) is 0.133. The lowest BCUT2D eigenvalue weighted by atomic mass is 10.1. The molecule has 2 nitrogen and oxygen atoms in total. The van der Waals surface area contributed by atoms with Gasteiger partial charge in [-0.3, -0.25) is 4.79 Å². The smallest absolute Gasteiger partial charge is 0.258 e. The molecule has 0 unspecified atom stereocenters. The molecule has 0 bridgehead atoms. The number of rotatable bonds is 2. The Balaban J connectivity index is 2.25. The lowest BCUT2D eigenvalue weighted by molar-refractivity contribution is 0.102. The zero-order valence-electron chi connectivity index (χ0n) is 10.6. The summed E-state index contributed by atoms with van der Waals surface area (Å²) in [4.78, 5) is 12.0. The zero-order chi connectivity index (χ0) is 14.0. The second-order valence-electron chi connectivity index (χ2n) is 4.40. The molecule has 1 N–H and O–H groups in total. The van der Waals surface area contributed by atoms with Crippen molar-refractivity contribution in [2.75, 3.05) is 5.32 Å². The Morgan fingerprint density at radius 1 is 1.16 bits per heavy atom. The normalized spacial score (nSPS) is 10.3. The van der Waals surface area contributed by atoms with Gasteiger partial charge in [-0.1, -0.05) is 6.07 Å². The van der Waals surface area contributed by atoms with Gasteiger partial charge in [-0.2, -0.15) is 0 Å². The van der Waals surface area contributed by atoms with Crippen molar-refractivity contribution in [3.63, 3.8) is 0 Å². The molecule has 0 saturated carbocycles. The monoisotopic (exact) mass is 369 g/mol. The third-order valence-electron chi connectivity index (χ3n) is 2.81. The van der Waals surface area contributed by atoms with Crippen molar-refractivity contribution >= 4 is 34.2 Å². The van der Waals surface area contributed by atoms with Crippen LogP contribution in [0.25, 0.3) is 0 Å². The summed E-state index contributed by atoms with van der Waals surface area (Å²) in [5, 5.41) is 2.73. The molecule has 0 heterocycles. The molecule has 19 heavy (non-hydrogen) atoms. The Bertz CT molecular complexity index is 640. The maximum absolute atomic E-state index is 13.7. The van der Waals surface area contributed by atoms with Gasteiger partial charge in [0.15, 0.2) is 0 Å². The van der Waals surface area contributed by atoms with Gasteiger partial charge in [-0.05, 0) is 77.9 Å². The summed E-state index contributed by atoms with van der Waals surface area (Å²) in [5.41, 5.74) is 2.50. The van der Waals surface area contributed by atoms with Crippen LogP contribution in [-0.2, 0) is 0 Å². The number of halogens is 2. The molecule has 0 aliphatic heterocycles. The van der Waals surface area contributed by atoms with Gasteiger partial charge in [-0.15, -0.1) is 0 Å². The van der Waals surface area contributed by atoms with Crippen LogP contribution in [0.5, 0.6) is 0 Å². The fourth-order valence-electron chi connectivity index (χ4n) is 1.76. The van der Waals surface area contributed by atoms with Crippen LogP contribution < -0.4 is 5.32 Å². The van der Waals surface area contributed by atoms with Crippen molar-refractivity contribution in [3.05, 3.63) is 62.5 Å². The van der Waals surface area contributed by atoms with Crippen molar-refractivity contribution in [2.45, 2.75) is 13.8 Å². The number of amides is 1. The molecule has 0 aliphatic carbocycles. The van der Waals surface area contributed by atoms with Crippen molar-refractivity contribution in [2.24, 2.45) is 0 Å². The molecule has 0 aromatic heterocycles. The van der Waals surface area contributed by atoms with Gasteiger partial charge in [0.05, 0.1) is 5.56 Å². The van der Waals surface area contributed by atoms with Crippen molar-refractivity contribution in [1.29, 1.82) is 0 Å². The number of carbonyl (C=O) groups excluding carboxylic acids is 1. The van der Waals surface area contributed by atoms with Crippen LogP contribution in [0.2, 0.25) is 0 Å². The van der Waals surface area contributed by atoms with Crippen molar-refractivity contribution in [1.82, 2.24) is 0 Å². The first kappa shape index (κ1) is 14.0. The molecule has 98 valence electrons. The fourth-order valence-corrected chi connectivity index (χ4v) is 2.41. The quantitative estimate of drug-likeness (QED) is 0.786. The van der Waals surface area contributed by atoms with Crippen LogP contribution in [0.1, 0.15) is 21.5 Å². The summed E-state index contributed by atoms with van der Waals surface area (Å²) >= 11 is 2.20. The van der Waals surface area contributed by atoms with Gasteiger partial charge in [0.1, 0.15) is 5.82 Å². The maximum atomic E-state index is 13.7. The zero-order valence-corrected chi connectivity index (χ0v) is 12.8. The standard InChI is InChI=1S/C15H13FINO/c1-9-3-5-12(13(16)7-9)15(19)18-14-6-4-11(17)8-10(14)2/h3-8H,1-2H3,(H,18,19). The Kier molecular flexibility index (Phi) is 4.19. The van der Waals surface area contributed by atoms with E-state index in [1.54, 1.807) is 13.0 Å². The Labute approximate surface area is 125 Å². The van der Waals surface area contributed by atoms with E-state index in [1.807, 2.05) is 25.1 Å². The van der Waals surface area contributed by atoms with E-state index in [0.717, 1.165) is 14.7 Å². The van der Waals surface area contributed by atoms with Gasteiger partial charge >= 0.3 is 0 Å². The summed E-state index contributed by atoms with van der Waals surface area (Å²) in [6, 6.07) is 10.3. The molecule has 0 radical (unpaired) electrons. The molecule has 2 aromatic carbocycles. The van der Waals surface area contributed by atoms with Gasteiger partial charge in [0.2, 0.25) is 0 Å². The number of aryl methyl sites for hydroxylation is 2. The summed E-state index contributed by atoms with van der Waals surface area (Å²) in [6.07, 6.45) is 0. The van der Waals surface area contributed by atoms with E-state index in [1.165, 1.54) is 12.1 Å². The van der Waals surface area contributed by atoms with E-state index in [4.69, 9.17) is 0 Å².